The van der Waals surface area contributed by atoms with Crippen molar-refractivity contribution in [2.75, 3.05) is 50.0 Å². The van der Waals surface area contributed by atoms with Crippen LogP contribution in [-0.4, -0.2) is 55.2 Å². The van der Waals surface area contributed by atoms with Crippen LogP contribution in [0.5, 0.6) is 0 Å². The van der Waals surface area contributed by atoms with Crippen molar-refractivity contribution in [2.45, 2.75) is 19.8 Å². The van der Waals surface area contributed by atoms with Gasteiger partial charge in [0.25, 0.3) is 5.91 Å². The number of morpholine rings is 1. The number of nitrogens with zero attached hydrogens (tertiary/aromatic N) is 3. The standard InChI is InChI=1S/C25H27FN4O2/c1-16-5-4-6-18(25(31)30-7-2-3-8-30)23(16)19-13-17-14-22(29-9-11-32-12-10-29)24(27)28-21(17)15-20(19)26/h4-6,13-15H,2-3,7-12H2,1H3,(H2,27,28). The molecular weight excluding hydrogens is 407 g/mol. The molecule has 2 fully saturated rings. The summed E-state index contributed by atoms with van der Waals surface area (Å²) >= 11 is 0. The lowest BCUT2D eigenvalue weighted by Crippen LogP contribution is -2.36. The third-order valence-corrected chi connectivity index (χ3v) is 6.43. The number of halogens is 1. The Bertz CT molecular complexity index is 1180. The molecule has 0 radical (unpaired) electrons. The summed E-state index contributed by atoms with van der Waals surface area (Å²) in [5.41, 5.74) is 10.0. The number of fused-ring (bicyclic) bond motifs is 1. The molecule has 2 aliphatic rings. The lowest BCUT2D eigenvalue weighted by Gasteiger charge is -2.29. The maximum atomic E-state index is 15.4. The fourth-order valence-electron chi connectivity index (χ4n) is 4.74. The summed E-state index contributed by atoms with van der Waals surface area (Å²) in [5, 5.41) is 0.792. The van der Waals surface area contributed by atoms with Crippen molar-refractivity contribution in [3.63, 3.8) is 0 Å². The number of carbonyl (C=O) groups is 1. The number of hydrogen-bond donors (Lipinski definition) is 1. The summed E-state index contributed by atoms with van der Waals surface area (Å²) in [6.07, 6.45) is 2.02. The Kier molecular flexibility index (Phi) is 5.43. The second-order valence-electron chi connectivity index (χ2n) is 8.51. The molecule has 0 atom stereocenters. The molecule has 2 aromatic carbocycles. The minimum absolute atomic E-state index is 0.0369. The molecule has 2 saturated heterocycles. The highest BCUT2D eigenvalue weighted by Gasteiger charge is 2.25. The van der Waals surface area contributed by atoms with E-state index >= 15 is 4.39 Å². The number of likely N-dealkylation sites (tertiary alicyclic amines) is 1. The number of amides is 1. The molecule has 32 heavy (non-hydrogen) atoms. The molecule has 5 rings (SSSR count). The van der Waals surface area contributed by atoms with Gasteiger partial charge in [-0.15, -0.1) is 0 Å². The number of aromatic nitrogens is 1. The molecule has 166 valence electrons. The summed E-state index contributed by atoms with van der Waals surface area (Å²) in [5.74, 6) is -0.0641. The van der Waals surface area contributed by atoms with Gasteiger partial charge in [-0.2, -0.15) is 0 Å². The Hall–Kier alpha value is -3.19. The van der Waals surface area contributed by atoms with Gasteiger partial charge in [0, 0.05) is 54.3 Å². The van der Waals surface area contributed by atoms with E-state index < -0.39 is 5.82 Å². The summed E-state index contributed by atoms with van der Waals surface area (Å²) < 4.78 is 20.8. The van der Waals surface area contributed by atoms with Crippen molar-refractivity contribution in [3.05, 3.63) is 53.3 Å². The average Bonchev–Trinajstić information content (AvgIpc) is 3.34. The molecule has 0 aliphatic carbocycles. The van der Waals surface area contributed by atoms with Gasteiger partial charge in [-0.1, -0.05) is 12.1 Å². The molecule has 7 heteroatoms. The number of nitrogen functional groups attached to an aromatic ring is 1. The highest BCUT2D eigenvalue weighted by molar-refractivity contribution is 6.03. The van der Waals surface area contributed by atoms with E-state index in [1.165, 1.54) is 6.07 Å². The Morgan fingerprint density at radius 3 is 2.59 bits per heavy atom. The van der Waals surface area contributed by atoms with Crippen LogP contribution >= 0.6 is 0 Å². The Morgan fingerprint density at radius 1 is 1.09 bits per heavy atom. The van der Waals surface area contributed by atoms with Gasteiger partial charge >= 0.3 is 0 Å². The zero-order chi connectivity index (χ0) is 22.2. The van der Waals surface area contributed by atoms with E-state index in [0.29, 0.717) is 41.2 Å². The zero-order valence-corrected chi connectivity index (χ0v) is 18.2. The van der Waals surface area contributed by atoms with Gasteiger partial charge in [-0.05, 0) is 43.5 Å². The van der Waals surface area contributed by atoms with Crippen molar-refractivity contribution < 1.29 is 13.9 Å². The van der Waals surface area contributed by atoms with Crippen molar-refractivity contribution >= 4 is 28.3 Å². The Balaban J connectivity index is 1.63. The lowest BCUT2D eigenvalue weighted by atomic mass is 9.92. The van der Waals surface area contributed by atoms with Gasteiger partial charge in [0.1, 0.15) is 11.6 Å². The van der Waals surface area contributed by atoms with E-state index in [-0.39, 0.29) is 5.91 Å². The molecule has 2 aliphatic heterocycles. The van der Waals surface area contributed by atoms with Crippen molar-refractivity contribution in [2.24, 2.45) is 0 Å². The topological polar surface area (TPSA) is 71.7 Å². The van der Waals surface area contributed by atoms with Crippen LogP contribution < -0.4 is 10.6 Å². The number of carbonyl (C=O) groups excluding carboxylic acids is 1. The van der Waals surface area contributed by atoms with Crippen LogP contribution in [0.2, 0.25) is 0 Å². The quantitative estimate of drug-likeness (QED) is 0.675. The summed E-state index contributed by atoms with van der Waals surface area (Å²) in [4.78, 5) is 21.7. The van der Waals surface area contributed by atoms with Crippen LogP contribution in [0.25, 0.3) is 22.0 Å². The van der Waals surface area contributed by atoms with Gasteiger partial charge in [0.05, 0.1) is 24.4 Å². The van der Waals surface area contributed by atoms with Crippen molar-refractivity contribution in [1.82, 2.24) is 9.88 Å². The minimum atomic E-state index is -0.409. The van der Waals surface area contributed by atoms with Crippen LogP contribution in [0.15, 0.2) is 36.4 Å². The van der Waals surface area contributed by atoms with E-state index in [0.717, 1.165) is 55.7 Å². The first-order valence-corrected chi connectivity index (χ1v) is 11.1. The molecule has 2 N–H and O–H groups in total. The summed E-state index contributed by atoms with van der Waals surface area (Å²) in [6.45, 7) is 6.15. The number of pyridine rings is 1. The third kappa shape index (κ3) is 3.66. The van der Waals surface area contributed by atoms with Crippen molar-refractivity contribution in [3.8, 4) is 11.1 Å². The van der Waals surface area contributed by atoms with E-state index in [1.807, 2.05) is 30.0 Å². The number of ether oxygens (including phenoxy) is 1. The predicted octanol–water partition coefficient (Wildman–Crippen LogP) is 4.00. The first kappa shape index (κ1) is 20.7. The molecule has 0 spiro atoms. The van der Waals surface area contributed by atoms with Crippen LogP contribution in [0.1, 0.15) is 28.8 Å². The first-order valence-electron chi connectivity index (χ1n) is 11.1. The minimum Gasteiger partial charge on any atom is -0.382 e. The van der Waals surface area contributed by atoms with E-state index in [9.17, 15) is 4.79 Å². The highest BCUT2D eigenvalue weighted by Crippen LogP contribution is 2.35. The molecule has 0 unspecified atom stereocenters. The van der Waals surface area contributed by atoms with Crippen molar-refractivity contribution in [1.29, 1.82) is 0 Å². The molecule has 3 heterocycles. The number of nitrogens with two attached hydrogens (primary N) is 1. The van der Waals surface area contributed by atoms with E-state index in [1.54, 1.807) is 12.1 Å². The number of aryl methyl sites for hydroxylation is 1. The van der Waals surface area contributed by atoms with Gasteiger partial charge in [0.15, 0.2) is 0 Å². The lowest BCUT2D eigenvalue weighted by molar-refractivity contribution is 0.0793. The molecule has 1 aromatic heterocycles. The number of hydrogen-bond acceptors (Lipinski definition) is 5. The van der Waals surface area contributed by atoms with Crippen LogP contribution in [0.3, 0.4) is 0 Å². The maximum Gasteiger partial charge on any atom is 0.254 e. The van der Waals surface area contributed by atoms with Gasteiger partial charge in [-0.3, -0.25) is 4.79 Å². The van der Waals surface area contributed by atoms with Crippen LogP contribution in [-0.2, 0) is 4.74 Å². The van der Waals surface area contributed by atoms with Gasteiger partial charge in [-0.25, -0.2) is 9.37 Å². The molecular formula is C25H27FN4O2. The maximum absolute atomic E-state index is 15.4. The molecule has 3 aromatic rings. The molecule has 0 saturated carbocycles. The second kappa shape index (κ2) is 8.39. The number of benzene rings is 2. The smallest absolute Gasteiger partial charge is 0.254 e. The van der Waals surface area contributed by atoms with Gasteiger partial charge in [0.2, 0.25) is 0 Å². The Labute approximate surface area is 186 Å². The third-order valence-electron chi connectivity index (χ3n) is 6.43. The first-order chi connectivity index (χ1) is 15.5. The highest BCUT2D eigenvalue weighted by atomic mass is 19.1. The zero-order valence-electron chi connectivity index (χ0n) is 18.2. The summed E-state index contributed by atoms with van der Waals surface area (Å²) in [6, 6.07) is 10.8. The number of anilines is 2. The second-order valence-corrected chi connectivity index (χ2v) is 8.51. The molecule has 0 bridgehead atoms. The van der Waals surface area contributed by atoms with E-state index in [2.05, 4.69) is 9.88 Å². The SMILES string of the molecule is Cc1cccc(C(=O)N2CCCC2)c1-c1cc2cc(N3CCOCC3)c(N)nc2cc1F. The van der Waals surface area contributed by atoms with Gasteiger partial charge < -0.3 is 20.3 Å². The van der Waals surface area contributed by atoms with Crippen LogP contribution in [0, 0.1) is 12.7 Å². The van der Waals surface area contributed by atoms with Crippen LogP contribution in [0.4, 0.5) is 15.9 Å². The summed E-state index contributed by atoms with van der Waals surface area (Å²) in [7, 11) is 0. The normalized spacial score (nSPS) is 16.7. The number of rotatable bonds is 3. The molecule has 1 amide bonds. The largest absolute Gasteiger partial charge is 0.382 e. The monoisotopic (exact) mass is 434 g/mol. The Morgan fingerprint density at radius 2 is 1.84 bits per heavy atom. The van der Waals surface area contributed by atoms with E-state index in [4.69, 9.17) is 10.5 Å². The average molecular weight is 435 g/mol. The fourth-order valence-corrected chi connectivity index (χ4v) is 4.74. The molecule has 6 nitrogen and oxygen atoms in total. The fraction of sp³-hybridized carbons (Fsp3) is 0.360. The predicted molar refractivity (Wildman–Crippen MR) is 124 cm³/mol.